The predicted molar refractivity (Wildman–Crippen MR) is 77.3 cm³/mol. The van der Waals surface area contributed by atoms with Crippen LogP contribution in [0.2, 0.25) is 0 Å². The van der Waals surface area contributed by atoms with Crippen LogP contribution in [0.15, 0.2) is 54.9 Å². The average molecular weight is 270 g/mol. The first-order valence-electron chi connectivity index (χ1n) is 6.51. The van der Waals surface area contributed by atoms with Crippen LogP contribution in [-0.2, 0) is 17.8 Å². The molecule has 4 nitrogen and oxygen atoms in total. The van der Waals surface area contributed by atoms with Crippen molar-refractivity contribution in [3.05, 3.63) is 66.0 Å². The third-order valence-electron chi connectivity index (χ3n) is 3.28. The fourth-order valence-electron chi connectivity index (χ4n) is 2.02. The molecule has 1 heterocycles. The van der Waals surface area contributed by atoms with Gasteiger partial charge in [0.25, 0.3) is 0 Å². The zero-order valence-electron chi connectivity index (χ0n) is 11.4. The van der Waals surface area contributed by atoms with Gasteiger partial charge in [0, 0.05) is 25.4 Å². The number of aromatic nitrogens is 1. The molecule has 1 atom stereocenters. The summed E-state index contributed by atoms with van der Waals surface area (Å²) in [6.07, 6.45) is 3.87. The van der Waals surface area contributed by atoms with Crippen LogP contribution in [0.1, 0.15) is 18.1 Å². The van der Waals surface area contributed by atoms with Gasteiger partial charge in [0.2, 0.25) is 0 Å². The predicted octanol–water partition coefficient (Wildman–Crippen LogP) is 2.26. The molecule has 0 fully saturated rings. The van der Waals surface area contributed by atoms with Crippen LogP contribution in [0.4, 0.5) is 0 Å². The lowest BCUT2D eigenvalue weighted by Gasteiger charge is -2.26. The molecule has 4 heteroatoms. The number of rotatable bonds is 6. The third kappa shape index (κ3) is 3.65. The minimum atomic E-state index is -1.00. The molecule has 0 bridgehead atoms. The van der Waals surface area contributed by atoms with Gasteiger partial charge >= 0.3 is 5.97 Å². The SMILES string of the molecule is CC(Cc1ccccc1)(NCc1cccnc1)C(=O)O. The van der Waals surface area contributed by atoms with Gasteiger partial charge in [-0.1, -0.05) is 36.4 Å². The van der Waals surface area contributed by atoms with Crippen molar-refractivity contribution in [1.82, 2.24) is 10.3 Å². The smallest absolute Gasteiger partial charge is 0.323 e. The van der Waals surface area contributed by atoms with Crippen molar-refractivity contribution < 1.29 is 9.90 Å². The highest BCUT2D eigenvalue weighted by molar-refractivity contribution is 5.78. The van der Waals surface area contributed by atoms with E-state index in [1.54, 1.807) is 19.3 Å². The second-order valence-electron chi connectivity index (χ2n) is 5.01. The van der Waals surface area contributed by atoms with E-state index < -0.39 is 11.5 Å². The molecule has 0 saturated carbocycles. The molecule has 0 aliphatic heterocycles. The summed E-state index contributed by atoms with van der Waals surface area (Å²) in [5, 5.41) is 12.6. The molecule has 0 amide bonds. The van der Waals surface area contributed by atoms with Crippen LogP contribution in [0, 0.1) is 0 Å². The maximum Gasteiger partial charge on any atom is 0.323 e. The Morgan fingerprint density at radius 2 is 1.90 bits per heavy atom. The Labute approximate surface area is 118 Å². The Balaban J connectivity index is 2.08. The molecule has 0 aliphatic rings. The molecule has 0 spiro atoms. The van der Waals surface area contributed by atoms with E-state index in [0.717, 1.165) is 11.1 Å². The first-order chi connectivity index (χ1) is 9.60. The fourth-order valence-corrected chi connectivity index (χ4v) is 2.02. The first-order valence-corrected chi connectivity index (χ1v) is 6.51. The number of hydrogen-bond acceptors (Lipinski definition) is 3. The lowest BCUT2D eigenvalue weighted by Crippen LogP contribution is -2.50. The number of nitrogens with one attached hydrogen (secondary N) is 1. The standard InChI is InChI=1S/C16H18N2O2/c1-16(15(19)20,10-13-6-3-2-4-7-13)18-12-14-8-5-9-17-11-14/h2-9,11,18H,10,12H2,1H3,(H,19,20). The Morgan fingerprint density at radius 1 is 1.20 bits per heavy atom. The van der Waals surface area contributed by atoms with Gasteiger partial charge in [-0.25, -0.2) is 0 Å². The number of carboxylic acids is 1. The van der Waals surface area contributed by atoms with E-state index in [4.69, 9.17) is 0 Å². The summed E-state index contributed by atoms with van der Waals surface area (Å²) >= 11 is 0. The number of aliphatic carboxylic acids is 1. The monoisotopic (exact) mass is 270 g/mol. The van der Waals surface area contributed by atoms with Crippen molar-refractivity contribution in [3.8, 4) is 0 Å². The van der Waals surface area contributed by atoms with E-state index >= 15 is 0 Å². The maximum atomic E-state index is 11.6. The second-order valence-corrected chi connectivity index (χ2v) is 5.01. The third-order valence-corrected chi connectivity index (χ3v) is 3.28. The molecule has 104 valence electrons. The average Bonchev–Trinajstić information content (AvgIpc) is 2.47. The van der Waals surface area contributed by atoms with Crippen LogP contribution in [0.25, 0.3) is 0 Å². The topological polar surface area (TPSA) is 62.2 Å². The van der Waals surface area contributed by atoms with E-state index in [9.17, 15) is 9.90 Å². The van der Waals surface area contributed by atoms with E-state index in [2.05, 4.69) is 10.3 Å². The highest BCUT2D eigenvalue weighted by Crippen LogP contribution is 2.14. The summed E-state index contributed by atoms with van der Waals surface area (Å²) in [7, 11) is 0. The van der Waals surface area contributed by atoms with Crippen molar-refractivity contribution in [2.45, 2.75) is 25.4 Å². The zero-order chi connectivity index (χ0) is 14.4. The fraction of sp³-hybridized carbons (Fsp3) is 0.250. The Hall–Kier alpha value is -2.20. The van der Waals surface area contributed by atoms with Gasteiger partial charge in [0.05, 0.1) is 0 Å². The summed E-state index contributed by atoms with van der Waals surface area (Å²) in [4.78, 5) is 15.6. The maximum absolute atomic E-state index is 11.6. The number of benzene rings is 1. The molecular weight excluding hydrogens is 252 g/mol. The molecule has 2 aromatic rings. The lowest BCUT2D eigenvalue weighted by atomic mass is 9.92. The Bertz CT molecular complexity index is 557. The largest absolute Gasteiger partial charge is 0.480 e. The van der Waals surface area contributed by atoms with E-state index in [1.165, 1.54) is 0 Å². The van der Waals surface area contributed by atoms with Crippen LogP contribution >= 0.6 is 0 Å². The van der Waals surface area contributed by atoms with Crippen molar-refractivity contribution in [2.75, 3.05) is 0 Å². The molecule has 20 heavy (non-hydrogen) atoms. The minimum Gasteiger partial charge on any atom is -0.480 e. The zero-order valence-corrected chi connectivity index (χ0v) is 11.4. The first kappa shape index (κ1) is 14.2. The van der Waals surface area contributed by atoms with Gasteiger partial charge in [0.15, 0.2) is 0 Å². The normalized spacial score (nSPS) is 13.7. The molecule has 1 aromatic heterocycles. The lowest BCUT2D eigenvalue weighted by molar-refractivity contribution is -0.144. The Kier molecular flexibility index (Phi) is 4.48. The van der Waals surface area contributed by atoms with Crippen molar-refractivity contribution in [3.63, 3.8) is 0 Å². The van der Waals surface area contributed by atoms with E-state index in [0.29, 0.717) is 13.0 Å². The highest BCUT2D eigenvalue weighted by Gasteiger charge is 2.32. The quantitative estimate of drug-likeness (QED) is 0.845. The Morgan fingerprint density at radius 3 is 2.50 bits per heavy atom. The summed E-state index contributed by atoms with van der Waals surface area (Å²) < 4.78 is 0. The molecule has 2 rings (SSSR count). The van der Waals surface area contributed by atoms with Gasteiger partial charge < -0.3 is 5.11 Å². The molecule has 1 aromatic carbocycles. The molecule has 0 saturated heterocycles. The number of pyridine rings is 1. The van der Waals surface area contributed by atoms with Crippen LogP contribution in [0.3, 0.4) is 0 Å². The summed E-state index contributed by atoms with van der Waals surface area (Å²) in [6.45, 7) is 2.18. The van der Waals surface area contributed by atoms with Gasteiger partial charge in [-0.2, -0.15) is 0 Å². The van der Waals surface area contributed by atoms with Gasteiger partial charge in [-0.05, 0) is 24.1 Å². The summed E-state index contributed by atoms with van der Waals surface area (Å²) in [5.74, 6) is -0.856. The molecular formula is C16H18N2O2. The van der Waals surface area contributed by atoms with Crippen LogP contribution in [-0.4, -0.2) is 21.6 Å². The number of carbonyl (C=O) groups is 1. The molecule has 0 radical (unpaired) electrons. The van der Waals surface area contributed by atoms with Crippen LogP contribution < -0.4 is 5.32 Å². The molecule has 1 unspecified atom stereocenters. The van der Waals surface area contributed by atoms with Gasteiger partial charge in [-0.3, -0.25) is 15.1 Å². The molecule has 0 aliphatic carbocycles. The number of nitrogens with zero attached hydrogens (tertiary/aromatic N) is 1. The van der Waals surface area contributed by atoms with Gasteiger partial charge in [-0.15, -0.1) is 0 Å². The number of hydrogen-bond donors (Lipinski definition) is 2. The molecule has 2 N–H and O–H groups in total. The number of carboxylic acid groups (broad SMARTS) is 1. The van der Waals surface area contributed by atoms with Crippen molar-refractivity contribution in [2.24, 2.45) is 0 Å². The summed E-state index contributed by atoms with van der Waals surface area (Å²) in [6, 6.07) is 13.4. The van der Waals surface area contributed by atoms with Crippen LogP contribution in [0.5, 0.6) is 0 Å². The van der Waals surface area contributed by atoms with E-state index in [-0.39, 0.29) is 0 Å². The highest BCUT2D eigenvalue weighted by atomic mass is 16.4. The second kappa shape index (κ2) is 6.30. The van der Waals surface area contributed by atoms with Crippen molar-refractivity contribution in [1.29, 1.82) is 0 Å². The van der Waals surface area contributed by atoms with Crippen molar-refractivity contribution >= 4 is 5.97 Å². The summed E-state index contributed by atoms with van der Waals surface area (Å²) in [5.41, 5.74) is 0.959. The minimum absolute atomic E-state index is 0.434. The van der Waals surface area contributed by atoms with E-state index in [1.807, 2.05) is 42.5 Å². The van der Waals surface area contributed by atoms with Gasteiger partial charge in [0.1, 0.15) is 5.54 Å².